The van der Waals surface area contributed by atoms with Gasteiger partial charge in [0.15, 0.2) is 0 Å². The molecule has 1 saturated heterocycles. The van der Waals surface area contributed by atoms with E-state index in [2.05, 4.69) is 47.5 Å². The van der Waals surface area contributed by atoms with E-state index in [0.717, 1.165) is 38.4 Å². The predicted molar refractivity (Wildman–Crippen MR) is 85.2 cm³/mol. The Hall–Kier alpha value is -1.35. The van der Waals surface area contributed by atoms with Crippen LogP contribution in [-0.2, 0) is 4.79 Å². The highest BCUT2D eigenvalue weighted by Crippen LogP contribution is 2.33. The van der Waals surface area contributed by atoms with Crippen LogP contribution in [0.1, 0.15) is 44.1 Å². The molecule has 1 heterocycles. The van der Waals surface area contributed by atoms with E-state index in [0.29, 0.717) is 11.8 Å². The minimum Gasteiger partial charge on any atom is -0.341 e. The molecule has 0 bridgehead atoms. The summed E-state index contributed by atoms with van der Waals surface area (Å²) in [5.41, 5.74) is 1.38. The van der Waals surface area contributed by atoms with E-state index in [1.807, 2.05) is 0 Å². The van der Waals surface area contributed by atoms with E-state index in [4.69, 9.17) is 0 Å². The van der Waals surface area contributed by atoms with Gasteiger partial charge in [-0.2, -0.15) is 0 Å². The molecule has 1 aliphatic carbocycles. The molecule has 2 fully saturated rings. The molecule has 1 saturated carbocycles. The summed E-state index contributed by atoms with van der Waals surface area (Å²) in [6.45, 7) is 4.83. The van der Waals surface area contributed by atoms with E-state index < -0.39 is 0 Å². The third-order valence-corrected chi connectivity index (χ3v) is 4.77. The molecule has 2 aliphatic rings. The highest BCUT2D eigenvalue weighted by Gasteiger charge is 2.34. The highest BCUT2D eigenvalue weighted by atomic mass is 16.2. The average molecular weight is 286 g/mol. The first-order valence-corrected chi connectivity index (χ1v) is 8.35. The lowest BCUT2D eigenvalue weighted by Gasteiger charge is -2.24. The zero-order chi connectivity index (χ0) is 14.7. The number of hydrogen-bond acceptors (Lipinski definition) is 2. The molecule has 0 unspecified atom stereocenters. The van der Waals surface area contributed by atoms with Gasteiger partial charge in [0.1, 0.15) is 0 Å². The molecule has 3 nitrogen and oxygen atoms in total. The van der Waals surface area contributed by atoms with Crippen molar-refractivity contribution in [3.63, 3.8) is 0 Å². The van der Waals surface area contributed by atoms with Crippen LogP contribution in [0.2, 0.25) is 0 Å². The Balaban J connectivity index is 1.74. The van der Waals surface area contributed by atoms with E-state index >= 15 is 0 Å². The van der Waals surface area contributed by atoms with Crippen LogP contribution in [0.3, 0.4) is 0 Å². The van der Waals surface area contributed by atoms with Crippen molar-refractivity contribution in [2.24, 2.45) is 5.92 Å². The molecule has 1 amide bonds. The summed E-state index contributed by atoms with van der Waals surface area (Å²) in [6, 6.07) is 10.7. The third-order valence-electron chi connectivity index (χ3n) is 4.77. The van der Waals surface area contributed by atoms with E-state index in [9.17, 15) is 4.79 Å². The van der Waals surface area contributed by atoms with Crippen molar-refractivity contribution < 1.29 is 4.79 Å². The zero-order valence-corrected chi connectivity index (χ0v) is 12.9. The zero-order valence-electron chi connectivity index (χ0n) is 12.9. The normalized spacial score (nSPS) is 26.7. The van der Waals surface area contributed by atoms with Crippen molar-refractivity contribution in [3.8, 4) is 0 Å². The number of carbonyl (C=O) groups is 1. The standard InChI is InChI=1S/C18H26N2O/c1-2-19-17-12-16(15-6-4-3-5-7-15)10-11-20(18(17)21)13-14-8-9-14/h3-7,14,16-17,19H,2,8-13H2,1H3/t16-,17-/m1/s1. The van der Waals surface area contributed by atoms with Crippen LogP contribution in [0.25, 0.3) is 0 Å². The van der Waals surface area contributed by atoms with Crippen LogP contribution >= 0.6 is 0 Å². The fraction of sp³-hybridized carbons (Fsp3) is 0.611. The molecule has 2 atom stereocenters. The fourth-order valence-corrected chi connectivity index (χ4v) is 3.38. The molecule has 0 aromatic heterocycles. The minimum atomic E-state index is -0.0125. The lowest BCUT2D eigenvalue weighted by molar-refractivity contribution is -0.133. The maximum Gasteiger partial charge on any atom is 0.239 e. The van der Waals surface area contributed by atoms with Gasteiger partial charge in [-0.05, 0) is 49.6 Å². The molecular weight excluding hydrogens is 260 g/mol. The topological polar surface area (TPSA) is 32.3 Å². The van der Waals surface area contributed by atoms with Gasteiger partial charge >= 0.3 is 0 Å². The van der Waals surface area contributed by atoms with Gasteiger partial charge in [-0.25, -0.2) is 0 Å². The number of nitrogens with one attached hydrogen (secondary N) is 1. The molecule has 21 heavy (non-hydrogen) atoms. The average Bonchev–Trinajstić information content (AvgIpc) is 3.33. The number of amides is 1. The molecule has 1 aliphatic heterocycles. The SMILES string of the molecule is CCN[C@@H]1C[C@H](c2ccccc2)CCN(CC2CC2)C1=O. The molecule has 0 radical (unpaired) electrons. The second-order valence-corrected chi connectivity index (χ2v) is 6.47. The van der Waals surface area contributed by atoms with E-state index in [1.165, 1.54) is 18.4 Å². The van der Waals surface area contributed by atoms with Gasteiger partial charge in [0.05, 0.1) is 6.04 Å². The predicted octanol–water partition coefficient (Wildman–Crippen LogP) is 2.78. The lowest BCUT2D eigenvalue weighted by atomic mass is 9.90. The smallest absolute Gasteiger partial charge is 0.239 e. The van der Waals surface area contributed by atoms with Gasteiger partial charge in [0.2, 0.25) is 5.91 Å². The van der Waals surface area contributed by atoms with Crippen LogP contribution in [0.5, 0.6) is 0 Å². The van der Waals surface area contributed by atoms with E-state index in [-0.39, 0.29) is 6.04 Å². The third kappa shape index (κ3) is 3.65. The Morgan fingerprint density at radius 3 is 2.62 bits per heavy atom. The van der Waals surface area contributed by atoms with Gasteiger partial charge in [0, 0.05) is 13.1 Å². The van der Waals surface area contributed by atoms with Gasteiger partial charge < -0.3 is 10.2 Å². The summed E-state index contributed by atoms with van der Waals surface area (Å²) in [6.07, 6.45) is 4.62. The van der Waals surface area contributed by atoms with Crippen LogP contribution in [-0.4, -0.2) is 36.5 Å². The Bertz CT molecular complexity index is 469. The number of likely N-dealkylation sites (N-methyl/N-ethyl adjacent to an activating group) is 1. The Morgan fingerprint density at radius 2 is 1.95 bits per heavy atom. The van der Waals surface area contributed by atoms with Crippen molar-refractivity contribution in [2.45, 2.75) is 44.6 Å². The monoisotopic (exact) mass is 286 g/mol. The number of likely N-dealkylation sites (tertiary alicyclic amines) is 1. The number of benzene rings is 1. The quantitative estimate of drug-likeness (QED) is 0.902. The summed E-state index contributed by atoms with van der Waals surface area (Å²) < 4.78 is 0. The Labute approximate surface area is 127 Å². The van der Waals surface area contributed by atoms with Gasteiger partial charge in [-0.1, -0.05) is 37.3 Å². The van der Waals surface area contributed by atoms with Crippen molar-refractivity contribution in [3.05, 3.63) is 35.9 Å². The van der Waals surface area contributed by atoms with Crippen LogP contribution in [0, 0.1) is 5.92 Å². The number of carbonyl (C=O) groups excluding carboxylic acids is 1. The molecule has 1 aromatic rings. The minimum absolute atomic E-state index is 0.0125. The summed E-state index contributed by atoms with van der Waals surface area (Å²) in [5, 5.41) is 3.41. The number of nitrogens with zero attached hydrogens (tertiary/aromatic N) is 1. The van der Waals surface area contributed by atoms with Crippen molar-refractivity contribution >= 4 is 5.91 Å². The summed E-state index contributed by atoms with van der Waals surface area (Å²) in [7, 11) is 0. The largest absolute Gasteiger partial charge is 0.341 e. The van der Waals surface area contributed by atoms with Crippen molar-refractivity contribution in [2.75, 3.05) is 19.6 Å². The fourth-order valence-electron chi connectivity index (χ4n) is 3.38. The molecule has 1 N–H and O–H groups in total. The maximum absolute atomic E-state index is 12.7. The summed E-state index contributed by atoms with van der Waals surface area (Å²) in [5.74, 6) is 1.58. The van der Waals surface area contributed by atoms with Crippen molar-refractivity contribution in [1.82, 2.24) is 10.2 Å². The molecule has 1 aromatic carbocycles. The lowest BCUT2D eigenvalue weighted by Crippen LogP contribution is -2.46. The second-order valence-electron chi connectivity index (χ2n) is 6.47. The highest BCUT2D eigenvalue weighted by molar-refractivity contribution is 5.82. The number of hydrogen-bond donors (Lipinski definition) is 1. The molecular formula is C18H26N2O. The first-order chi connectivity index (χ1) is 10.3. The van der Waals surface area contributed by atoms with Crippen LogP contribution in [0.15, 0.2) is 30.3 Å². The van der Waals surface area contributed by atoms with Crippen LogP contribution < -0.4 is 5.32 Å². The maximum atomic E-state index is 12.7. The summed E-state index contributed by atoms with van der Waals surface area (Å²) in [4.78, 5) is 14.9. The second kappa shape index (κ2) is 6.61. The first kappa shape index (κ1) is 14.6. The van der Waals surface area contributed by atoms with Gasteiger partial charge in [-0.3, -0.25) is 4.79 Å². The van der Waals surface area contributed by atoms with E-state index in [1.54, 1.807) is 0 Å². The van der Waals surface area contributed by atoms with Gasteiger partial charge in [-0.15, -0.1) is 0 Å². The molecule has 114 valence electrons. The molecule has 3 rings (SSSR count). The van der Waals surface area contributed by atoms with Crippen molar-refractivity contribution in [1.29, 1.82) is 0 Å². The van der Waals surface area contributed by atoms with Gasteiger partial charge in [0.25, 0.3) is 0 Å². The molecule has 0 spiro atoms. The Morgan fingerprint density at radius 1 is 1.19 bits per heavy atom. The summed E-state index contributed by atoms with van der Waals surface area (Å²) >= 11 is 0. The van der Waals surface area contributed by atoms with Crippen LogP contribution in [0.4, 0.5) is 0 Å². The Kier molecular flexibility index (Phi) is 4.59. The first-order valence-electron chi connectivity index (χ1n) is 8.35. The number of rotatable bonds is 5. The molecule has 3 heteroatoms.